The van der Waals surface area contributed by atoms with Crippen LogP contribution in [0.4, 0.5) is 0 Å². The van der Waals surface area contributed by atoms with Crippen LogP contribution in [0, 0.1) is 0 Å². The first kappa shape index (κ1) is 33.8. The van der Waals surface area contributed by atoms with Gasteiger partial charge in [0.05, 0.1) is 19.3 Å². The van der Waals surface area contributed by atoms with E-state index in [-0.39, 0.29) is 6.61 Å². The molecule has 1 rings (SSSR count). The quantitative estimate of drug-likeness (QED) is 0.278. The highest BCUT2D eigenvalue weighted by Crippen LogP contribution is 2.23. The normalized spacial score (nSPS) is 12.7. The number of unbranched alkanes of at least 4 members (excludes halogenated alkanes) is 2. The summed E-state index contributed by atoms with van der Waals surface area (Å²) in [6, 6.07) is 0. The first-order valence-corrected chi connectivity index (χ1v) is 11.2. The fourth-order valence-electron chi connectivity index (χ4n) is 1.67. The van der Waals surface area contributed by atoms with Crippen molar-refractivity contribution in [2.75, 3.05) is 13.7 Å². The van der Waals surface area contributed by atoms with Gasteiger partial charge < -0.3 is 24.9 Å². The van der Waals surface area contributed by atoms with E-state index in [1.54, 1.807) is 33.4 Å². The van der Waals surface area contributed by atoms with E-state index >= 15 is 0 Å². The largest absolute Gasteiger partial charge is 0.480 e. The second kappa shape index (κ2) is 26.2. The Morgan fingerprint density at radius 2 is 1.58 bits per heavy atom. The lowest BCUT2D eigenvalue weighted by Gasteiger charge is -2.10. The molecule has 0 aliphatic carbocycles. The third-order valence-electron chi connectivity index (χ3n) is 4.04. The Morgan fingerprint density at radius 3 is 1.94 bits per heavy atom. The van der Waals surface area contributed by atoms with E-state index in [9.17, 15) is 4.79 Å². The zero-order valence-corrected chi connectivity index (χ0v) is 20.6. The Hall–Kier alpha value is -1.83. The van der Waals surface area contributed by atoms with Gasteiger partial charge in [-0.1, -0.05) is 46.3 Å². The summed E-state index contributed by atoms with van der Waals surface area (Å²) in [6.07, 6.45) is 13.0. The van der Waals surface area contributed by atoms with Gasteiger partial charge >= 0.3 is 0 Å². The predicted molar refractivity (Wildman–Crippen MR) is 127 cm³/mol. The lowest BCUT2D eigenvalue weighted by atomic mass is 10.1. The minimum Gasteiger partial charge on any atom is -0.480 e. The minimum absolute atomic E-state index is 0.274. The average Bonchev–Trinajstić information content (AvgIpc) is 2.78. The van der Waals surface area contributed by atoms with Crippen molar-refractivity contribution >= 4 is 6.29 Å². The first-order valence-electron chi connectivity index (χ1n) is 11.2. The van der Waals surface area contributed by atoms with Crippen LogP contribution in [0.15, 0.2) is 24.5 Å². The van der Waals surface area contributed by atoms with E-state index in [1.807, 2.05) is 6.08 Å². The summed E-state index contributed by atoms with van der Waals surface area (Å²) >= 11 is 0. The lowest BCUT2D eigenvalue weighted by Crippen LogP contribution is -2.17. The monoisotopic (exact) mass is 442 g/mol. The second-order valence-electron chi connectivity index (χ2n) is 6.94. The molecule has 182 valence electrons. The molecule has 0 aliphatic heterocycles. The van der Waals surface area contributed by atoms with Crippen molar-refractivity contribution < 1.29 is 24.9 Å². The van der Waals surface area contributed by atoms with Crippen molar-refractivity contribution in [2.24, 2.45) is 0 Å². The third kappa shape index (κ3) is 24.3. The van der Waals surface area contributed by atoms with E-state index in [1.165, 1.54) is 0 Å². The summed E-state index contributed by atoms with van der Waals surface area (Å²) in [5.41, 5.74) is 0.947. The molecule has 0 aliphatic rings. The van der Waals surface area contributed by atoms with Gasteiger partial charge in [-0.05, 0) is 39.5 Å². The summed E-state index contributed by atoms with van der Waals surface area (Å²) in [5, 5.41) is 25.0. The summed E-state index contributed by atoms with van der Waals surface area (Å²) in [6.45, 7) is 11.8. The number of rotatable bonds is 10. The second-order valence-corrected chi connectivity index (χ2v) is 6.94. The van der Waals surface area contributed by atoms with Crippen LogP contribution in [0.5, 0.6) is 5.88 Å². The van der Waals surface area contributed by atoms with Crippen molar-refractivity contribution in [3.05, 3.63) is 30.2 Å². The number of aldehydes is 1. The van der Waals surface area contributed by atoms with Crippen LogP contribution < -0.4 is 4.74 Å². The zero-order chi connectivity index (χ0) is 24.5. The molecule has 0 spiro atoms. The Bertz CT molecular complexity index is 516. The Labute approximate surface area is 189 Å². The molecule has 1 aromatic rings. The maximum Gasteiger partial charge on any atom is 0.235 e. The highest BCUT2D eigenvalue weighted by Gasteiger charge is 2.11. The highest BCUT2D eigenvalue weighted by molar-refractivity contribution is 5.48. The fraction of sp³-hybridized carbons (Fsp3) is 0.708. The van der Waals surface area contributed by atoms with Gasteiger partial charge in [-0.25, -0.2) is 4.98 Å². The highest BCUT2D eigenvalue weighted by atomic mass is 16.5. The van der Waals surface area contributed by atoms with Crippen molar-refractivity contribution in [1.82, 2.24) is 9.97 Å². The van der Waals surface area contributed by atoms with Crippen molar-refractivity contribution in [1.29, 1.82) is 0 Å². The number of carbonyl (C=O) groups excluding carboxylic acids is 1. The average molecular weight is 443 g/mol. The molecular formula is C24H46N2O5. The number of aromatic nitrogens is 2. The molecule has 3 unspecified atom stereocenters. The number of allylic oxidation sites excluding steroid dienone is 1. The van der Waals surface area contributed by atoms with Gasteiger partial charge in [-0.15, -0.1) is 0 Å². The molecule has 0 aromatic carbocycles. The molecule has 0 saturated heterocycles. The number of hydrogen-bond donors (Lipinski definition) is 3. The number of aliphatic hydroxyl groups is 3. The van der Waals surface area contributed by atoms with Gasteiger partial charge in [-0.3, -0.25) is 4.98 Å². The molecule has 1 heterocycles. The number of hydrogen-bond acceptors (Lipinski definition) is 7. The van der Waals surface area contributed by atoms with Gasteiger partial charge in [0.25, 0.3) is 0 Å². The maximum absolute atomic E-state index is 9.56. The molecule has 1 aromatic heterocycles. The van der Waals surface area contributed by atoms with Crippen LogP contribution in [0.25, 0.3) is 0 Å². The number of aliphatic hydroxyl groups excluding tert-OH is 3. The van der Waals surface area contributed by atoms with E-state index in [0.717, 1.165) is 50.5 Å². The molecule has 7 heteroatoms. The van der Waals surface area contributed by atoms with Crippen molar-refractivity contribution in [3.63, 3.8) is 0 Å². The number of methoxy groups -OCH3 is 1. The van der Waals surface area contributed by atoms with Crippen molar-refractivity contribution in [2.45, 2.75) is 98.2 Å². The summed E-state index contributed by atoms with van der Waals surface area (Å²) in [5.74, 6) is 1.06. The standard InChI is InChI=1S/C9H14N2O.C6H12O.C5H10O.C4H10O2/c1-4-7(2)8-9(12-3)11-6-5-10-8;1-2-3-4-5-6-7;1-2-3-4-5-6;1-3(5)4(2)6/h5-7H,4H2,1-3H3;3-4,7H,2,5-6H2,1H3;5H,2-4H2,1H3;3-6H,1-2H3. The zero-order valence-electron chi connectivity index (χ0n) is 20.6. The van der Waals surface area contributed by atoms with E-state index in [4.69, 9.17) is 20.1 Å². The molecular weight excluding hydrogens is 396 g/mol. The number of nitrogens with zero attached hydrogens (tertiary/aromatic N) is 2. The Kier molecular flexibility index (Phi) is 28.6. The van der Waals surface area contributed by atoms with Crippen LogP contribution in [0.2, 0.25) is 0 Å². The molecule has 0 fully saturated rings. The van der Waals surface area contributed by atoms with Gasteiger partial charge in [0.2, 0.25) is 5.88 Å². The lowest BCUT2D eigenvalue weighted by molar-refractivity contribution is -0.107. The van der Waals surface area contributed by atoms with Crippen LogP contribution in [0.1, 0.15) is 91.7 Å². The Morgan fingerprint density at radius 1 is 1.00 bits per heavy atom. The van der Waals surface area contributed by atoms with Crippen LogP contribution >= 0.6 is 0 Å². The van der Waals surface area contributed by atoms with Gasteiger partial charge in [0.15, 0.2) is 0 Å². The summed E-state index contributed by atoms with van der Waals surface area (Å²) < 4.78 is 5.09. The summed E-state index contributed by atoms with van der Waals surface area (Å²) in [7, 11) is 1.62. The molecule has 3 atom stereocenters. The number of ether oxygens (including phenoxy) is 1. The van der Waals surface area contributed by atoms with Gasteiger partial charge in [0.1, 0.15) is 12.0 Å². The van der Waals surface area contributed by atoms with Crippen LogP contribution in [0.3, 0.4) is 0 Å². The topological polar surface area (TPSA) is 113 Å². The summed E-state index contributed by atoms with van der Waals surface area (Å²) in [4.78, 5) is 17.9. The smallest absolute Gasteiger partial charge is 0.235 e. The van der Waals surface area contributed by atoms with E-state index < -0.39 is 12.2 Å². The first-order chi connectivity index (χ1) is 14.8. The molecule has 31 heavy (non-hydrogen) atoms. The SMILES string of the molecule is CC(O)C(C)O.CCC(C)c1nccnc1OC.CCC=CCCO.CCCCC=O. The maximum atomic E-state index is 9.56. The molecule has 0 radical (unpaired) electrons. The third-order valence-corrected chi connectivity index (χ3v) is 4.04. The van der Waals surface area contributed by atoms with E-state index in [2.05, 4.69) is 43.7 Å². The molecule has 0 saturated carbocycles. The molecule has 0 bridgehead atoms. The minimum atomic E-state index is -0.593. The molecule has 7 nitrogen and oxygen atoms in total. The van der Waals surface area contributed by atoms with E-state index in [0.29, 0.717) is 11.8 Å². The van der Waals surface area contributed by atoms with Crippen molar-refractivity contribution in [3.8, 4) is 5.88 Å². The van der Waals surface area contributed by atoms with Gasteiger partial charge in [0, 0.05) is 31.3 Å². The Balaban J connectivity index is -0.000000359. The van der Waals surface area contributed by atoms with Gasteiger partial charge in [-0.2, -0.15) is 0 Å². The number of carbonyl (C=O) groups is 1. The fourth-order valence-corrected chi connectivity index (χ4v) is 1.67. The van der Waals surface area contributed by atoms with Crippen LogP contribution in [-0.2, 0) is 4.79 Å². The van der Waals surface area contributed by atoms with Crippen LogP contribution in [-0.4, -0.2) is 57.5 Å². The predicted octanol–water partition coefficient (Wildman–Crippen LogP) is 4.46. The molecule has 0 amide bonds. The molecule has 3 N–H and O–H groups in total.